The van der Waals surface area contributed by atoms with Crippen LogP contribution in [0.15, 0.2) is 18.2 Å². The first-order valence-electron chi connectivity index (χ1n) is 7.07. The van der Waals surface area contributed by atoms with Crippen LogP contribution in [0, 0.1) is 0 Å². The summed E-state index contributed by atoms with van der Waals surface area (Å²) in [6.07, 6.45) is -4.21. The van der Waals surface area contributed by atoms with Crippen molar-refractivity contribution in [3.63, 3.8) is 0 Å². The molecule has 21 heavy (non-hydrogen) atoms. The van der Waals surface area contributed by atoms with Gasteiger partial charge in [0.25, 0.3) is 0 Å². The molecule has 0 aliphatic heterocycles. The topological polar surface area (TPSA) is 38.5 Å². The summed E-state index contributed by atoms with van der Waals surface area (Å²) in [7, 11) is 0. The van der Waals surface area contributed by atoms with E-state index < -0.39 is 12.7 Å². The fourth-order valence-electron chi connectivity index (χ4n) is 2.08. The molecular formula is C15H23F3N2O. The number of hydrogen-bond donors (Lipinski definition) is 1. The highest BCUT2D eigenvalue weighted by molar-refractivity contribution is 5.38. The van der Waals surface area contributed by atoms with Gasteiger partial charge in [0, 0.05) is 18.2 Å². The van der Waals surface area contributed by atoms with Crippen LogP contribution in [-0.4, -0.2) is 30.8 Å². The monoisotopic (exact) mass is 304 g/mol. The van der Waals surface area contributed by atoms with Crippen molar-refractivity contribution in [2.45, 2.75) is 39.5 Å². The second-order valence-electron chi connectivity index (χ2n) is 5.01. The largest absolute Gasteiger partial charge is 0.494 e. The third-order valence-electron chi connectivity index (χ3n) is 3.15. The van der Waals surface area contributed by atoms with Crippen LogP contribution in [0.25, 0.3) is 0 Å². The van der Waals surface area contributed by atoms with E-state index in [1.54, 1.807) is 13.0 Å². The van der Waals surface area contributed by atoms with E-state index in [1.807, 2.05) is 26.0 Å². The molecule has 0 spiro atoms. The van der Waals surface area contributed by atoms with Crippen LogP contribution in [0.2, 0.25) is 0 Å². The predicted octanol–water partition coefficient (Wildman–Crippen LogP) is 3.49. The maximum Gasteiger partial charge on any atom is 0.401 e. The van der Waals surface area contributed by atoms with Gasteiger partial charge in [-0.15, -0.1) is 0 Å². The van der Waals surface area contributed by atoms with Gasteiger partial charge in [0.2, 0.25) is 0 Å². The van der Waals surface area contributed by atoms with E-state index in [0.29, 0.717) is 18.9 Å². The molecule has 1 unspecified atom stereocenters. The molecule has 0 aliphatic carbocycles. The lowest BCUT2D eigenvalue weighted by molar-refractivity contribution is -0.146. The molecule has 0 aromatic heterocycles. The zero-order chi connectivity index (χ0) is 16.0. The number of nitrogens with two attached hydrogens (primary N) is 1. The Morgan fingerprint density at radius 1 is 1.29 bits per heavy atom. The Bertz CT molecular complexity index is 447. The molecule has 3 nitrogen and oxygen atoms in total. The Balaban J connectivity index is 2.98. The van der Waals surface area contributed by atoms with Gasteiger partial charge in [-0.05, 0) is 38.1 Å². The highest BCUT2D eigenvalue weighted by Gasteiger charge is 2.30. The maximum absolute atomic E-state index is 12.6. The van der Waals surface area contributed by atoms with Crippen LogP contribution < -0.4 is 10.5 Å². The SMILES string of the molecule is CCOc1ccc(C(C)N)cc1CN(CC)CC(F)(F)F. The maximum atomic E-state index is 12.6. The molecule has 0 aliphatic rings. The Labute approximate surface area is 123 Å². The van der Waals surface area contributed by atoms with E-state index >= 15 is 0 Å². The van der Waals surface area contributed by atoms with Gasteiger partial charge >= 0.3 is 6.18 Å². The van der Waals surface area contributed by atoms with Gasteiger partial charge in [0.05, 0.1) is 13.2 Å². The molecule has 0 amide bonds. The number of alkyl halides is 3. The van der Waals surface area contributed by atoms with E-state index in [9.17, 15) is 13.2 Å². The van der Waals surface area contributed by atoms with Gasteiger partial charge in [-0.25, -0.2) is 0 Å². The average Bonchev–Trinajstić information content (AvgIpc) is 2.38. The Kier molecular flexibility index (Phi) is 6.48. The molecule has 1 aromatic carbocycles. The van der Waals surface area contributed by atoms with Crippen molar-refractivity contribution in [2.75, 3.05) is 19.7 Å². The molecular weight excluding hydrogens is 281 g/mol. The first-order valence-corrected chi connectivity index (χ1v) is 7.07. The lowest BCUT2D eigenvalue weighted by Crippen LogP contribution is -2.33. The van der Waals surface area contributed by atoms with Gasteiger partial charge in [-0.3, -0.25) is 4.90 Å². The predicted molar refractivity (Wildman–Crippen MR) is 77.2 cm³/mol. The second-order valence-corrected chi connectivity index (χ2v) is 5.01. The third-order valence-corrected chi connectivity index (χ3v) is 3.15. The minimum absolute atomic E-state index is 0.169. The van der Waals surface area contributed by atoms with Gasteiger partial charge < -0.3 is 10.5 Å². The Morgan fingerprint density at radius 2 is 1.95 bits per heavy atom. The fourth-order valence-corrected chi connectivity index (χ4v) is 2.08. The van der Waals surface area contributed by atoms with Crippen LogP contribution >= 0.6 is 0 Å². The van der Waals surface area contributed by atoms with Gasteiger partial charge in [0.1, 0.15) is 5.75 Å². The van der Waals surface area contributed by atoms with Crippen LogP contribution in [0.4, 0.5) is 13.2 Å². The smallest absolute Gasteiger partial charge is 0.401 e. The summed E-state index contributed by atoms with van der Waals surface area (Å²) in [6.45, 7) is 5.43. The number of ether oxygens (including phenoxy) is 1. The highest BCUT2D eigenvalue weighted by Crippen LogP contribution is 2.26. The normalized spacial score (nSPS) is 13.5. The van der Waals surface area contributed by atoms with E-state index in [1.165, 1.54) is 4.90 Å². The second kappa shape index (κ2) is 7.66. The zero-order valence-electron chi connectivity index (χ0n) is 12.7. The van der Waals surface area contributed by atoms with Crippen molar-refractivity contribution in [2.24, 2.45) is 5.73 Å². The molecule has 0 heterocycles. The van der Waals surface area contributed by atoms with E-state index in [2.05, 4.69) is 0 Å². The standard InChI is InChI=1S/C15H23F3N2O/c1-4-20(10-15(16,17)18)9-13-8-12(11(3)19)6-7-14(13)21-5-2/h6-8,11H,4-5,9-10,19H2,1-3H3. The first-order chi connectivity index (χ1) is 9.76. The number of halogens is 3. The van der Waals surface area contributed by atoms with E-state index in [4.69, 9.17) is 10.5 Å². The summed E-state index contributed by atoms with van der Waals surface area (Å²) in [5, 5.41) is 0. The minimum Gasteiger partial charge on any atom is -0.494 e. The van der Waals surface area contributed by atoms with Crippen LogP contribution in [0.1, 0.15) is 37.9 Å². The lowest BCUT2D eigenvalue weighted by Gasteiger charge is -2.24. The molecule has 0 fully saturated rings. The van der Waals surface area contributed by atoms with Gasteiger partial charge in [-0.1, -0.05) is 13.0 Å². The van der Waals surface area contributed by atoms with Gasteiger partial charge in [0.15, 0.2) is 0 Å². The van der Waals surface area contributed by atoms with Crippen molar-refractivity contribution < 1.29 is 17.9 Å². The van der Waals surface area contributed by atoms with Crippen LogP contribution in [-0.2, 0) is 6.54 Å². The Morgan fingerprint density at radius 3 is 2.43 bits per heavy atom. The molecule has 6 heteroatoms. The molecule has 0 radical (unpaired) electrons. The molecule has 2 N–H and O–H groups in total. The summed E-state index contributed by atoms with van der Waals surface area (Å²) in [6, 6.07) is 5.28. The van der Waals surface area contributed by atoms with Crippen molar-refractivity contribution in [1.82, 2.24) is 4.90 Å². The zero-order valence-corrected chi connectivity index (χ0v) is 12.7. The first kappa shape index (κ1) is 17.8. The summed E-state index contributed by atoms with van der Waals surface area (Å²) in [5.74, 6) is 0.613. The minimum atomic E-state index is -4.21. The van der Waals surface area contributed by atoms with Crippen molar-refractivity contribution >= 4 is 0 Å². The van der Waals surface area contributed by atoms with Crippen molar-refractivity contribution in [1.29, 1.82) is 0 Å². The summed E-state index contributed by atoms with van der Waals surface area (Å²) >= 11 is 0. The van der Waals surface area contributed by atoms with Crippen LogP contribution in [0.5, 0.6) is 5.75 Å². The molecule has 1 atom stereocenters. The summed E-state index contributed by atoms with van der Waals surface area (Å²) in [4.78, 5) is 1.34. The summed E-state index contributed by atoms with van der Waals surface area (Å²) in [5.41, 5.74) is 7.46. The number of nitrogens with zero attached hydrogens (tertiary/aromatic N) is 1. The number of rotatable bonds is 7. The molecule has 0 saturated heterocycles. The van der Waals surface area contributed by atoms with E-state index in [-0.39, 0.29) is 12.6 Å². The fraction of sp³-hybridized carbons (Fsp3) is 0.600. The molecule has 0 bridgehead atoms. The highest BCUT2D eigenvalue weighted by atomic mass is 19.4. The van der Waals surface area contributed by atoms with Crippen molar-refractivity contribution in [3.8, 4) is 5.75 Å². The number of hydrogen-bond acceptors (Lipinski definition) is 3. The lowest BCUT2D eigenvalue weighted by atomic mass is 10.0. The average molecular weight is 304 g/mol. The number of benzene rings is 1. The van der Waals surface area contributed by atoms with Gasteiger partial charge in [-0.2, -0.15) is 13.2 Å². The van der Waals surface area contributed by atoms with Crippen molar-refractivity contribution in [3.05, 3.63) is 29.3 Å². The molecule has 120 valence electrons. The van der Waals surface area contributed by atoms with Crippen LogP contribution in [0.3, 0.4) is 0 Å². The molecule has 1 rings (SSSR count). The van der Waals surface area contributed by atoms with E-state index in [0.717, 1.165) is 11.1 Å². The Hall–Kier alpha value is -1.27. The summed E-state index contributed by atoms with van der Waals surface area (Å²) < 4.78 is 43.2. The quantitative estimate of drug-likeness (QED) is 0.838. The third kappa shape index (κ3) is 5.93. The molecule has 1 aromatic rings. The molecule has 0 saturated carbocycles.